The number of hydrogen-bond donors (Lipinski definition) is 0. The lowest BCUT2D eigenvalue weighted by molar-refractivity contribution is 0.0987. The Hall–Kier alpha value is -2.60. The monoisotopic (exact) mass is 278 g/mol. The molecule has 0 heterocycles. The van der Waals surface area contributed by atoms with Gasteiger partial charge >= 0.3 is 0 Å². The van der Waals surface area contributed by atoms with Crippen LogP contribution in [0.15, 0.2) is 48.5 Å². The molecule has 0 spiro atoms. The molecule has 2 aromatic rings. The molecule has 0 aliphatic rings. The smallest absolute Gasteiger partial charge is 0.258 e. The number of amides is 1. The van der Waals surface area contributed by atoms with Crippen molar-refractivity contribution < 1.29 is 4.79 Å². The van der Waals surface area contributed by atoms with E-state index in [0.29, 0.717) is 18.5 Å². The van der Waals surface area contributed by atoms with Crippen LogP contribution in [-0.2, 0) is 0 Å². The molecule has 0 saturated carbocycles. The highest BCUT2D eigenvalue weighted by molar-refractivity contribution is 6.06. The highest BCUT2D eigenvalue weighted by Gasteiger charge is 2.17. The lowest BCUT2D eigenvalue weighted by Crippen LogP contribution is -2.31. The van der Waals surface area contributed by atoms with Crippen molar-refractivity contribution in [3.8, 4) is 6.07 Å². The SMILES string of the molecule is Cc1cc(C)cc(C(=O)N(CCC#N)c2ccccc2)c1. The Morgan fingerprint density at radius 1 is 1.10 bits per heavy atom. The van der Waals surface area contributed by atoms with E-state index in [2.05, 4.69) is 6.07 Å². The second-order valence-corrected chi connectivity index (χ2v) is 5.08. The Bertz CT molecular complexity index is 651. The highest BCUT2D eigenvalue weighted by atomic mass is 16.2. The van der Waals surface area contributed by atoms with Gasteiger partial charge in [0.25, 0.3) is 5.91 Å². The number of rotatable bonds is 4. The molecule has 0 atom stereocenters. The number of nitrogens with zero attached hydrogens (tertiary/aromatic N) is 2. The van der Waals surface area contributed by atoms with Crippen molar-refractivity contribution in [1.82, 2.24) is 0 Å². The largest absolute Gasteiger partial charge is 0.307 e. The summed E-state index contributed by atoms with van der Waals surface area (Å²) in [5.41, 5.74) is 3.60. The lowest BCUT2D eigenvalue weighted by Gasteiger charge is -2.22. The van der Waals surface area contributed by atoms with E-state index in [4.69, 9.17) is 5.26 Å². The quantitative estimate of drug-likeness (QED) is 0.852. The molecule has 3 heteroatoms. The number of anilines is 1. The van der Waals surface area contributed by atoms with Crippen LogP contribution in [0.3, 0.4) is 0 Å². The summed E-state index contributed by atoms with van der Waals surface area (Å²) in [5.74, 6) is -0.0664. The maximum atomic E-state index is 12.8. The fourth-order valence-electron chi connectivity index (χ4n) is 2.37. The lowest BCUT2D eigenvalue weighted by atomic mass is 10.1. The normalized spacial score (nSPS) is 9.95. The minimum absolute atomic E-state index is 0.0664. The van der Waals surface area contributed by atoms with E-state index in [9.17, 15) is 4.79 Å². The van der Waals surface area contributed by atoms with Crippen molar-refractivity contribution >= 4 is 11.6 Å². The van der Waals surface area contributed by atoms with Gasteiger partial charge in [0.2, 0.25) is 0 Å². The van der Waals surface area contributed by atoms with Gasteiger partial charge in [0.1, 0.15) is 0 Å². The number of benzene rings is 2. The third-order valence-corrected chi connectivity index (χ3v) is 3.23. The van der Waals surface area contributed by atoms with Crippen LogP contribution in [-0.4, -0.2) is 12.5 Å². The Morgan fingerprint density at radius 3 is 2.29 bits per heavy atom. The number of para-hydroxylation sites is 1. The summed E-state index contributed by atoms with van der Waals surface area (Å²) >= 11 is 0. The van der Waals surface area contributed by atoms with Crippen LogP contribution >= 0.6 is 0 Å². The molecule has 3 nitrogen and oxygen atoms in total. The highest BCUT2D eigenvalue weighted by Crippen LogP contribution is 2.19. The van der Waals surface area contributed by atoms with Gasteiger partial charge in [-0.2, -0.15) is 5.26 Å². The fourth-order valence-corrected chi connectivity index (χ4v) is 2.37. The van der Waals surface area contributed by atoms with Crippen LogP contribution in [0, 0.1) is 25.2 Å². The average molecular weight is 278 g/mol. The molecule has 2 rings (SSSR count). The van der Waals surface area contributed by atoms with Gasteiger partial charge in [-0.15, -0.1) is 0 Å². The van der Waals surface area contributed by atoms with Crippen LogP contribution in [0.1, 0.15) is 27.9 Å². The Kier molecular flexibility index (Phi) is 4.73. The van der Waals surface area contributed by atoms with Gasteiger partial charge in [-0.25, -0.2) is 0 Å². The fraction of sp³-hybridized carbons (Fsp3) is 0.222. The van der Waals surface area contributed by atoms with E-state index in [-0.39, 0.29) is 5.91 Å². The van der Waals surface area contributed by atoms with Gasteiger partial charge in [0, 0.05) is 17.8 Å². The molecule has 0 bridgehead atoms. The summed E-state index contributed by atoms with van der Waals surface area (Å²) < 4.78 is 0. The molecule has 0 radical (unpaired) electrons. The van der Waals surface area contributed by atoms with Gasteiger partial charge in [0.05, 0.1) is 12.5 Å². The summed E-state index contributed by atoms with van der Waals surface area (Å²) in [7, 11) is 0. The van der Waals surface area contributed by atoms with Crippen molar-refractivity contribution in [3.05, 3.63) is 65.2 Å². The molecule has 0 saturated heterocycles. The van der Waals surface area contributed by atoms with Crippen LogP contribution < -0.4 is 4.90 Å². The van der Waals surface area contributed by atoms with Crippen LogP contribution in [0.2, 0.25) is 0 Å². The van der Waals surface area contributed by atoms with E-state index < -0.39 is 0 Å². The second-order valence-electron chi connectivity index (χ2n) is 5.08. The van der Waals surface area contributed by atoms with Crippen LogP contribution in [0.5, 0.6) is 0 Å². The zero-order valence-electron chi connectivity index (χ0n) is 12.3. The molecule has 106 valence electrons. The van der Waals surface area contributed by atoms with Gasteiger partial charge < -0.3 is 4.90 Å². The number of nitriles is 1. The standard InChI is InChI=1S/C18H18N2O/c1-14-11-15(2)13-16(12-14)18(21)20(10-6-9-19)17-7-4-3-5-8-17/h3-5,7-8,11-13H,6,10H2,1-2H3. The molecule has 0 N–H and O–H groups in total. The predicted molar refractivity (Wildman–Crippen MR) is 84.3 cm³/mol. The number of hydrogen-bond acceptors (Lipinski definition) is 2. The van der Waals surface area contributed by atoms with Crippen molar-refractivity contribution in [1.29, 1.82) is 5.26 Å². The van der Waals surface area contributed by atoms with E-state index in [1.54, 1.807) is 4.90 Å². The van der Waals surface area contributed by atoms with E-state index in [1.807, 2.05) is 62.4 Å². The molecule has 0 fully saturated rings. The molecule has 0 aromatic heterocycles. The topological polar surface area (TPSA) is 44.1 Å². The summed E-state index contributed by atoms with van der Waals surface area (Å²) in [6, 6.07) is 17.4. The van der Waals surface area contributed by atoms with Gasteiger partial charge in [0.15, 0.2) is 0 Å². The maximum absolute atomic E-state index is 12.8. The number of carbonyl (C=O) groups is 1. The van der Waals surface area contributed by atoms with Gasteiger partial charge in [-0.05, 0) is 38.1 Å². The molecule has 0 aliphatic carbocycles. The Morgan fingerprint density at radius 2 is 1.71 bits per heavy atom. The first kappa shape index (κ1) is 14.8. The molecule has 1 amide bonds. The first-order valence-corrected chi connectivity index (χ1v) is 6.94. The summed E-state index contributed by atoms with van der Waals surface area (Å²) in [6.45, 7) is 4.35. The zero-order chi connectivity index (χ0) is 15.2. The van der Waals surface area contributed by atoms with E-state index in [1.165, 1.54) is 0 Å². The van der Waals surface area contributed by atoms with E-state index in [0.717, 1.165) is 16.8 Å². The van der Waals surface area contributed by atoms with Gasteiger partial charge in [-0.1, -0.05) is 35.4 Å². The summed E-state index contributed by atoms with van der Waals surface area (Å²) in [4.78, 5) is 14.4. The number of carbonyl (C=O) groups excluding carboxylic acids is 1. The molecule has 0 unspecified atom stereocenters. The van der Waals surface area contributed by atoms with Crippen molar-refractivity contribution in [2.75, 3.05) is 11.4 Å². The zero-order valence-corrected chi connectivity index (χ0v) is 12.3. The van der Waals surface area contributed by atoms with Gasteiger partial charge in [-0.3, -0.25) is 4.79 Å². The number of aryl methyl sites for hydroxylation is 2. The second kappa shape index (κ2) is 6.71. The molecule has 0 aliphatic heterocycles. The molecular weight excluding hydrogens is 260 g/mol. The molecule has 2 aromatic carbocycles. The predicted octanol–water partition coefficient (Wildman–Crippen LogP) is 3.86. The minimum atomic E-state index is -0.0664. The summed E-state index contributed by atoms with van der Waals surface area (Å²) in [5, 5.41) is 8.81. The third kappa shape index (κ3) is 3.70. The van der Waals surface area contributed by atoms with E-state index >= 15 is 0 Å². The third-order valence-electron chi connectivity index (χ3n) is 3.23. The Labute approximate surface area is 125 Å². The molecular formula is C18H18N2O. The first-order valence-electron chi connectivity index (χ1n) is 6.94. The average Bonchev–Trinajstić information content (AvgIpc) is 2.47. The van der Waals surface area contributed by atoms with Crippen molar-refractivity contribution in [2.24, 2.45) is 0 Å². The Balaban J connectivity index is 2.36. The van der Waals surface area contributed by atoms with Crippen molar-refractivity contribution in [3.63, 3.8) is 0 Å². The minimum Gasteiger partial charge on any atom is -0.307 e. The maximum Gasteiger partial charge on any atom is 0.258 e. The molecule has 21 heavy (non-hydrogen) atoms. The van der Waals surface area contributed by atoms with Crippen molar-refractivity contribution in [2.45, 2.75) is 20.3 Å². The van der Waals surface area contributed by atoms with Crippen LogP contribution in [0.25, 0.3) is 0 Å². The summed E-state index contributed by atoms with van der Waals surface area (Å²) in [6.07, 6.45) is 0.311. The first-order chi connectivity index (χ1) is 10.1. The van der Waals surface area contributed by atoms with Crippen LogP contribution in [0.4, 0.5) is 5.69 Å².